The van der Waals surface area contributed by atoms with Gasteiger partial charge in [-0.15, -0.1) is 0 Å². The molecule has 0 aromatic heterocycles. The van der Waals surface area contributed by atoms with Gasteiger partial charge in [0, 0.05) is 13.7 Å². The number of rotatable bonds is 7. The van der Waals surface area contributed by atoms with E-state index in [4.69, 9.17) is 4.74 Å². The van der Waals surface area contributed by atoms with Crippen LogP contribution in [0.3, 0.4) is 0 Å². The van der Waals surface area contributed by atoms with E-state index in [9.17, 15) is 4.39 Å². The van der Waals surface area contributed by atoms with Gasteiger partial charge in [0.25, 0.3) is 0 Å². The van der Waals surface area contributed by atoms with Crippen LogP contribution in [0.25, 0.3) is 0 Å². The molecular formula is C12H27FO. The molecule has 0 bridgehead atoms. The third-order valence-electron chi connectivity index (χ3n) is 1.99. The van der Waals surface area contributed by atoms with Crippen LogP contribution in [0.4, 0.5) is 4.39 Å². The Morgan fingerprint density at radius 3 is 1.64 bits per heavy atom. The molecule has 0 radical (unpaired) electrons. The molecule has 0 saturated heterocycles. The van der Waals surface area contributed by atoms with Crippen LogP contribution in [-0.2, 0) is 4.74 Å². The molecule has 0 heterocycles. The number of hydrogen-bond donors (Lipinski definition) is 0. The average Bonchev–Trinajstić information content (AvgIpc) is 2.20. The van der Waals surface area contributed by atoms with E-state index in [0.717, 1.165) is 12.5 Å². The Bertz CT molecular complexity index is 70.1. The minimum atomic E-state index is -0.181. The van der Waals surface area contributed by atoms with Crippen molar-refractivity contribution in [3.8, 4) is 0 Å². The van der Waals surface area contributed by atoms with Crippen molar-refractivity contribution in [2.24, 2.45) is 5.92 Å². The summed E-state index contributed by atoms with van der Waals surface area (Å²) in [5, 5.41) is 0. The molecule has 0 aliphatic carbocycles. The molecule has 0 amide bonds. The zero-order valence-electron chi connectivity index (χ0n) is 10.3. The molecule has 0 aromatic rings. The molecule has 88 valence electrons. The fourth-order valence-electron chi connectivity index (χ4n) is 1.36. The van der Waals surface area contributed by atoms with Crippen molar-refractivity contribution < 1.29 is 9.13 Å². The van der Waals surface area contributed by atoms with Crippen LogP contribution < -0.4 is 0 Å². The Kier molecular flexibility index (Phi) is 17.9. The summed E-state index contributed by atoms with van der Waals surface area (Å²) >= 11 is 0. The summed E-state index contributed by atoms with van der Waals surface area (Å²) in [7, 11) is 1.79. The van der Waals surface area contributed by atoms with E-state index >= 15 is 0 Å². The van der Waals surface area contributed by atoms with E-state index in [-0.39, 0.29) is 6.67 Å². The maximum atomic E-state index is 10.7. The lowest BCUT2D eigenvalue weighted by molar-refractivity contribution is 0.142. The normalized spacial score (nSPS) is 9.86. The molecule has 0 spiro atoms. The molecule has 1 nitrogen and oxygen atoms in total. The van der Waals surface area contributed by atoms with Crippen molar-refractivity contribution in [2.45, 2.75) is 52.9 Å². The first kappa shape index (κ1) is 16.3. The second-order valence-electron chi connectivity index (χ2n) is 3.59. The summed E-state index contributed by atoms with van der Waals surface area (Å²) in [6.07, 6.45) is 5.87. The third kappa shape index (κ3) is 14.4. The fourth-order valence-corrected chi connectivity index (χ4v) is 1.36. The molecule has 2 heteroatoms. The summed E-state index contributed by atoms with van der Waals surface area (Å²) in [5.74, 6) is 0.806. The lowest BCUT2D eigenvalue weighted by atomic mass is 10.00. The molecule has 0 fully saturated rings. The lowest BCUT2D eigenvalue weighted by Gasteiger charge is -2.12. The quantitative estimate of drug-likeness (QED) is 0.606. The van der Waals surface area contributed by atoms with E-state index in [1.165, 1.54) is 25.7 Å². The highest BCUT2D eigenvalue weighted by molar-refractivity contribution is 4.55. The van der Waals surface area contributed by atoms with Crippen molar-refractivity contribution in [2.75, 3.05) is 20.4 Å². The number of methoxy groups -OCH3 is 1. The van der Waals surface area contributed by atoms with E-state index in [1.54, 1.807) is 14.0 Å². The molecule has 0 aromatic carbocycles. The van der Waals surface area contributed by atoms with Gasteiger partial charge in [-0.1, -0.05) is 33.6 Å². The Labute approximate surface area is 89.0 Å². The van der Waals surface area contributed by atoms with Crippen LogP contribution in [0.2, 0.25) is 0 Å². The number of hydrogen-bond acceptors (Lipinski definition) is 1. The summed E-state index contributed by atoms with van der Waals surface area (Å²) in [6.45, 7) is 7.04. The summed E-state index contributed by atoms with van der Waals surface area (Å²) in [4.78, 5) is 0. The van der Waals surface area contributed by atoms with Gasteiger partial charge in [0.15, 0.2) is 0 Å². The van der Waals surface area contributed by atoms with Crippen molar-refractivity contribution >= 4 is 0 Å². The van der Waals surface area contributed by atoms with Gasteiger partial charge >= 0.3 is 0 Å². The summed E-state index contributed by atoms with van der Waals surface area (Å²) in [6, 6.07) is 0. The minimum Gasteiger partial charge on any atom is -0.384 e. The van der Waals surface area contributed by atoms with Crippen LogP contribution >= 0.6 is 0 Å². The van der Waals surface area contributed by atoms with Crippen LogP contribution in [0.5, 0.6) is 0 Å². The molecule has 14 heavy (non-hydrogen) atoms. The molecular weight excluding hydrogens is 179 g/mol. The van der Waals surface area contributed by atoms with Crippen molar-refractivity contribution in [3.05, 3.63) is 0 Å². The first-order valence-corrected chi connectivity index (χ1v) is 5.81. The second-order valence-corrected chi connectivity index (χ2v) is 3.59. The van der Waals surface area contributed by atoms with E-state index in [1.807, 2.05) is 0 Å². The highest BCUT2D eigenvalue weighted by Crippen LogP contribution is 2.12. The molecule has 0 unspecified atom stereocenters. The van der Waals surface area contributed by atoms with Gasteiger partial charge in [-0.3, -0.25) is 4.39 Å². The average molecular weight is 206 g/mol. The Morgan fingerprint density at radius 1 is 1.00 bits per heavy atom. The fraction of sp³-hybridized carbons (Fsp3) is 1.00. The van der Waals surface area contributed by atoms with Gasteiger partial charge in [0.05, 0.1) is 6.67 Å². The molecule has 0 aliphatic heterocycles. The monoisotopic (exact) mass is 206 g/mol. The van der Waals surface area contributed by atoms with Gasteiger partial charge in [-0.25, -0.2) is 0 Å². The Morgan fingerprint density at radius 2 is 1.43 bits per heavy atom. The molecule has 0 aliphatic rings. The van der Waals surface area contributed by atoms with Gasteiger partial charge in [-0.05, 0) is 25.2 Å². The van der Waals surface area contributed by atoms with Crippen LogP contribution in [-0.4, -0.2) is 20.4 Å². The largest absolute Gasteiger partial charge is 0.384 e. The van der Waals surface area contributed by atoms with Crippen molar-refractivity contribution in [1.29, 1.82) is 0 Å². The standard InChI is InChI=1S/C9H20O.C3H7F/c1-4-6-9(7-5-2)8-10-3;1-2-3-4/h9H,4-8H2,1-3H3;2-3H2,1H3. The van der Waals surface area contributed by atoms with E-state index in [2.05, 4.69) is 13.8 Å². The summed E-state index contributed by atoms with van der Waals surface area (Å²) in [5.41, 5.74) is 0. The first-order chi connectivity index (χ1) is 6.76. The molecule has 0 N–H and O–H groups in total. The van der Waals surface area contributed by atoms with Gasteiger partial charge in [0.2, 0.25) is 0 Å². The SMILES string of the molecule is CCCC(CCC)COC.CCCF. The zero-order valence-corrected chi connectivity index (χ0v) is 10.3. The van der Waals surface area contributed by atoms with E-state index < -0.39 is 0 Å². The minimum absolute atomic E-state index is 0.181. The molecule has 0 saturated carbocycles. The van der Waals surface area contributed by atoms with Gasteiger partial charge < -0.3 is 4.74 Å². The van der Waals surface area contributed by atoms with Crippen molar-refractivity contribution in [3.63, 3.8) is 0 Å². The maximum Gasteiger partial charge on any atom is 0.0891 e. The maximum absolute atomic E-state index is 10.7. The summed E-state index contributed by atoms with van der Waals surface area (Å²) < 4.78 is 15.8. The highest BCUT2D eigenvalue weighted by atomic mass is 19.1. The zero-order chi connectivity index (χ0) is 11.2. The Balaban J connectivity index is 0. The molecule has 0 rings (SSSR count). The molecule has 0 atom stereocenters. The third-order valence-corrected chi connectivity index (χ3v) is 1.99. The predicted molar refractivity (Wildman–Crippen MR) is 61.4 cm³/mol. The number of alkyl halides is 1. The van der Waals surface area contributed by atoms with E-state index in [0.29, 0.717) is 6.42 Å². The Hall–Kier alpha value is -0.110. The lowest BCUT2D eigenvalue weighted by Crippen LogP contribution is -2.07. The smallest absolute Gasteiger partial charge is 0.0891 e. The number of halogens is 1. The van der Waals surface area contributed by atoms with Gasteiger partial charge in [-0.2, -0.15) is 0 Å². The topological polar surface area (TPSA) is 9.23 Å². The van der Waals surface area contributed by atoms with Crippen LogP contribution in [0.15, 0.2) is 0 Å². The first-order valence-electron chi connectivity index (χ1n) is 5.81. The van der Waals surface area contributed by atoms with Crippen LogP contribution in [0, 0.1) is 5.92 Å². The number of ether oxygens (including phenoxy) is 1. The van der Waals surface area contributed by atoms with Gasteiger partial charge in [0.1, 0.15) is 0 Å². The van der Waals surface area contributed by atoms with Crippen LogP contribution in [0.1, 0.15) is 52.9 Å². The highest BCUT2D eigenvalue weighted by Gasteiger charge is 2.04. The second kappa shape index (κ2) is 15.4. The van der Waals surface area contributed by atoms with Crippen molar-refractivity contribution in [1.82, 2.24) is 0 Å². The predicted octanol–water partition coefficient (Wildman–Crippen LogP) is 4.22.